The zero-order valence-electron chi connectivity index (χ0n) is 20.8. The monoisotopic (exact) mass is 488 g/mol. The number of ether oxygens (including phenoxy) is 1. The summed E-state index contributed by atoms with van der Waals surface area (Å²) in [4.78, 5) is 20.1. The van der Waals surface area contributed by atoms with Crippen LogP contribution in [0.25, 0.3) is 0 Å². The Morgan fingerprint density at radius 3 is 2.71 bits per heavy atom. The highest BCUT2D eigenvalue weighted by molar-refractivity contribution is 7.84. The Hall–Kier alpha value is -2.64. The average Bonchev–Trinajstić information content (AvgIpc) is 3.24. The molecule has 0 saturated carbocycles. The van der Waals surface area contributed by atoms with Crippen molar-refractivity contribution in [2.24, 2.45) is 5.92 Å². The summed E-state index contributed by atoms with van der Waals surface area (Å²) in [5.41, 5.74) is 1.17. The van der Waals surface area contributed by atoms with Gasteiger partial charge in [-0.25, -0.2) is 9.97 Å². The van der Waals surface area contributed by atoms with Crippen LogP contribution in [0.2, 0.25) is 0 Å². The van der Waals surface area contributed by atoms with E-state index in [-0.39, 0.29) is 16.7 Å². The van der Waals surface area contributed by atoms with Crippen molar-refractivity contribution >= 4 is 16.7 Å². The van der Waals surface area contributed by atoms with Gasteiger partial charge in [0.25, 0.3) is 0 Å². The molecule has 2 aromatic rings. The topological polar surface area (TPSA) is 112 Å². The summed E-state index contributed by atoms with van der Waals surface area (Å²) in [7, 11) is -1.20. The maximum absolute atomic E-state index is 12.1. The zero-order chi connectivity index (χ0) is 25.0. The molecule has 0 aliphatic heterocycles. The van der Waals surface area contributed by atoms with Gasteiger partial charge >= 0.3 is 0 Å². The van der Waals surface area contributed by atoms with Crippen molar-refractivity contribution in [3.8, 4) is 11.8 Å². The molecule has 9 nitrogen and oxygen atoms in total. The summed E-state index contributed by atoms with van der Waals surface area (Å²) >= 11 is 0. The number of unbranched alkanes of at least 4 members (excludes halogenated alkanes) is 1. The Bertz CT molecular complexity index is 992. The summed E-state index contributed by atoms with van der Waals surface area (Å²) in [5, 5.41) is 11.5. The summed E-state index contributed by atoms with van der Waals surface area (Å²) in [6.07, 6.45) is 9.99. The van der Waals surface area contributed by atoms with Gasteiger partial charge in [0.1, 0.15) is 5.69 Å². The normalized spacial score (nSPS) is 12.3. The number of nitrogens with zero attached hydrogens (tertiary/aromatic N) is 5. The Kier molecular flexibility index (Phi) is 11.3. The van der Waals surface area contributed by atoms with Crippen LogP contribution in [-0.4, -0.2) is 53.5 Å². The lowest BCUT2D eigenvalue weighted by molar-refractivity contribution is -0.121. The minimum Gasteiger partial charge on any atom is -0.375 e. The fraction of sp³-hybridized carbons (Fsp3) is 0.625. The molecule has 34 heavy (non-hydrogen) atoms. The van der Waals surface area contributed by atoms with Gasteiger partial charge in [-0.05, 0) is 39.0 Å². The third-order valence-corrected chi connectivity index (χ3v) is 5.73. The van der Waals surface area contributed by atoms with Gasteiger partial charge < -0.3 is 10.1 Å². The molecule has 1 unspecified atom stereocenters. The Morgan fingerprint density at radius 1 is 1.29 bits per heavy atom. The average molecular weight is 489 g/mol. The molecule has 0 spiro atoms. The summed E-state index contributed by atoms with van der Waals surface area (Å²) < 4.78 is 19.1. The van der Waals surface area contributed by atoms with E-state index in [4.69, 9.17) is 4.74 Å². The van der Waals surface area contributed by atoms with Crippen molar-refractivity contribution in [1.82, 2.24) is 30.3 Å². The first-order chi connectivity index (χ1) is 16.1. The summed E-state index contributed by atoms with van der Waals surface area (Å²) in [5.74, 6) is 6.54. The van der Waals surface area contributed by atoms with E-state index >= 15 is 0 Å². The van der Waals surface area contributed by atoms with Gasteiger partial charge in [-0.1, -0.05) is 30.9 Å². The molecule has 0 aromatic carbocycles. The molecule has 0 aliphatic rings. The van der Waals surface area contributed by atoms with Gasteiger partial charge in [-0.15, -0.1) is 5.10 Å². The molecule has 0 saturated heterocycles. The Labute approximate surface area is 204 Å². The molecule has 1 atom stereocenters. The van der Waals surface area contributed by atoms with Crippen LogP contribution in [0.3, 0.4) is 0 Å². The second-order valence-electron chi connectivity index (χ2n) is 9.15. The van der Waals surface area contributed by atoms with Gasteiger partial charge in [0, 0.05) is 44.6 Å². The highest BCUT2D eigenvalue weighted by atomic mass is 32.2. The van der Waals surface area contributed by atoms with E-state index in [1.807, 2.05) is 6.20 Å². The van der Waals surface area contributed by atoms with E-state index in [9.17, 15) is 9.00 Å². The van der Waals surface area contributed by atoms with Crippen LogP contribution in [0.4, 0.5) is 0 Å². The lowest BCUT2D eigenvalue weighted by Gasteiger charge is -2.25. The van der Waals surface area contributed by atoms with E-state index in [0.717, 1.165) is 25.1 Å². The van der Waals surface area contributed by atoms with Gasteiger partial charge in [0.2, 0.25) is 11.1 Å². The van der Waals surface area contributed by atoms with Crippen molar-refractivity contribution in [3.63, 3.8) is 0 Å². The van der Waals surface area contributed by atoms with Crippen LogP contribution >= 0.6 is 0 Å². The minimum absolute atomic E-state index is 0.0471. The molecule has 2 heterocycles. The van der Waals surface area contributed by atoms with Gasteiger partial charge in [-0.2, -0.15) is 0 Å². The highest BCUT2D eigenvalue weighted by Gasteiger charge is 2.18. The second-order valence-corrected chi connectivity index (χ2v) is 10.4. The Balaban J connectivity index is 1.64. The van der Waals surface area contributed by atoms with E-state index < -0.39 is 10.8 Å². The van der Waals surface area contributed by atoms with Gasteiger partial charge in [0.15, 0.2) is 0 Å². The number of rotatable bonds is 13. The van der Waals surface area contributed by atoms with Crippen molar-refractivity contribution in [2.45, 2.75) is 83.6 Å². The van der Waals surface area contributed by atoms with Gasteiger partial charge in [-0.3, -0.25) is 13.7 Å². The lowest BCUT2D eigenvalue weighted by Crippen LogP contribution is -2.27. The summed E-state index contributed by atoms with van der Waals surface area (Å²) in [6, 6.07) is 0. The number of aryl methyl sites for hydroxylation is 1. The quantitative estimate of drug-likeness (QED) is 0.262. The van der Waals surface area contributed by atoms with Crippen LogP contribution in [0.15, 0.2) is 23.7 Å². The third-order valence-electron chi connectivity index (χ3n) is 5.01. The van der Waals surface area contributed by atoms with Crippen molar-refractivity contribution in [3.05, 3.63) is 29.8 Å². The predicted molar refractivity (Wildman–Crippen MR) is 131 cm³/mol. The van der Waals surface area contributed by atoms with Crippen LogP contribution in [-0.2, 0) is 33.4 Å². The first kappa shape index (κ1) is 27.6. The molecule has 0 fully saturated rings. The number of nitrogens with one attached hydrogen (secondary N) is 1. The molecule has 2 rings (SSSR count). The van der Waals surface area contributed by atoms with Crippen LogP contribution in [0.5, 0.6) is 0 Å². The maximum Gasteiger partial charge on any atom is 0.220 e. The second kappa shape index (κ2) is 13.9. The number of amides is 1. The molecule has 186 valence electrons. The van der Waals surface area contributed by atoms with Crippen molar-refractivity contribution < 1.29 is 13.7 Å². The number of hydrogen-bond donors (Lipinski definition) is 1. The number of carbonyl (C=O) groups excluding carboxylic acids is 1. The van der Waals surface area contributed by atoms with Crippen molar-refractivity contribution in [1.29, 1.82) is 0 Å². The molecule has 0 aliphatic carbocycles. The van der Waals surface area contributed by atoms with E-state index in [1.165, 1.54) is 6.26 Å². The molecule has 10 heteroatoms. The van der Waals surface area contributed by atoms with E-state index in [2.05, 4.69) is 65.1 Å². The molecule has 1 amide bonds. The standard InChI is InChI=1S/C24H36N6O3S/c1-19(2)11-14-33-24(3,4)12-13-30-18-21(28-29-30)17-25-22(31)10-8-6-7-9-20-15-26-23(27-16-20)34(5)32/h15-16,18-19H,6,8,10-14,17H2,1-5H3,(H,25,31). The minimum atomic E-state index is -1.20. The van der Waals surface area contributed by atoms with Gasteiger partial charge in [0.05, 0.1) is 34.7 Å². The molecule has 0 radical (unpaired) electrons. The number of aromatic nitrogens is 5. The number of hydrogen-bond acceptors (Lipinski definition) is 7. The smallest absolute Gasteiger partial charge is 0.220 e. The molecular weight excluding hydrogens is 452 g/mol. The first-order valence-electron chi connectivity index (χ1n) is 11.6. The van der Waals surface area contributed by atoms with Crippen LogP contribution in [0, 0.1) is 17.8 Å². The van der Waals surface area contributed by atoms with E-state index in [1.54, 1.807) is 17.1 Å². The predicted octanol–water partition coefficient (Wildman–Crippen LogP) is 2.88. The SMILES string of the molecule is CC(C)CCOC(C)(C)CCn1cc(CNC(=O)CCCC#Cc2cnc(S(C)=O)nc2)nn1. The number of carbonyl (C=O) groups is 1. The molecule has 0 bridgehead atoms. The third kappa shape index (κ3) is 11.0. The summed E-state index contributed by atoms with van der Waals surface area (Å²) in [6.45, 7) is 10.4. The fourth-order valence-corrected chi connectivity index (χ4v) is 3.27. The first-order valence-corrected chi connectivity index (χ1v) is 13.1. The van der Waals surface area contributed by atoms with Crippen LogP contribution in [0.1, 0.15) is 71.1 Å². The van der Waals surface area contributed by atoms with E-state index in [0.29, 0.717) is 43.8 Å². The Morgan fingerprint density at radius 2 is 2.03 bits per heavy atom. The largest absolute Gasteiger partial charge is 0.375 e. The fourth-order valence-electron chi connectivity index (χ4n) is 2.86. The molecular formula is C24H36N6O3S. The highest BCUT2D eigenvalue weighted by Crippen LogP contribution is 2.17. The zero-order valence-corrected chi connectivity index (χ0v) is 21.7. The van der Waals surface area contributed by atoms with Crippen molar-refractivity contribution in [2.75, 3.05) is 12.9 Å². The molecule has 1 N–H and O–H groups in total. The maximum atomic E-state index is 12.1. The molecule has 2 aromatic heterocycles. The van der Waals surface area contributed by atoms with Crippen LogP contribution < -0.4 is 5.32 Å². The lowest BCUT2D eigenvalue weighted by atomic mass is 10.0.